The third kappa shape index (κ3) is 3.45. The molecule has 0 radical (unpaired) electrons. The van der Waals surface area contributed by atoms with Gasteiger partial charge in [0.15, 0.2) is 0 Å². The molecule has 1 heterocycles. The van der Waals surface area contributed by atoms with Gasteiger partial charge in [0.2, 0.25) is 10.0 Å². The van der Waals surface area contributed by atoms with Crippen molar-refractivity contribution in [1.29, 1.82) is 0 Å². The topological polar surface area (TPSA) is 62.3 Å². The summed E-state index contributed by atoms with van der Waals surface area (Å²) in [6.07, 6.45) is 1.59. The molecule has 1 N–H and O–H groups in total. The Morgan fingerprint density at radius 2 is 2.00 bits per heavy atom. The standard InChI is InChI=1S/C13H23N3O2S/c1-6-14-13-12(8-7-9-15-13)19(17,18)16(5)11(4)10(2)3/h7-11H,6H2,1-5H3,(H,14,15). The van der Waals surface area contributed by atoms with Crippen LogP contribution in [0.5, 0.6) is 0 Å². The van der Waals surface area contributed by atoms with E-state index in [0.29, 0.717) is 12.4 Å². The third-order valence-electron chi connectivity index (χ3n) is 3.31. The van der Waals surface area contributed by atoms with Crippen LogP contribution in [0.25, 0.3) is 0 Å². The number of nitrogens with zero attached hydrogens (tertiary/aromatic N) is 2. The Balaban J connectivity index is 3.20. The SMILES string of the molecule is CCNc1ncccc1S(=O)(=O)N(C)C(C)C(C)C. The molecule has 6 heteroatoms. The van der Waals surface area contributed by atoms with Gasteiger partial charge in [-0.05, 0) is 31.9 Å². The fourth-order valence-electron chi connectivity index (χ4n) is 1.69. The molecule has 1 unspecified atom stereocenters. The van der Waals surface area contributed by atoms with Gasteiger partial charge >= 0.3 is 0 Å². The predicted molar refractivity (Wildman–Crippen MR) is 77.6 cm³/mol. The molecule has 0 aliphatic carbocycles. The van der Waals surface area contributed by atoms with Crippen LogP contribution in [-0.2, 0) is 10.0 Å². The van der Waals surface area contributed by atoms with Crippen LogP contribution in [0, 0.1) is 5.92 Å². The molecule has 0 aromatic carbocycles. The van der Waals surface area contributed by atoms with Crippen LogP contribution < -0.4 is 5.32 Å². The fraction of sp³-hybridized carbons (Fsp3) is 0.615. The number of rotatable bonds is 6. The van der Waals surface area contributed by atoms with Gasteiger partial charge in [0.25, 0.3) is 0 Å². The van der Waals surface area contributed by atoms with Crippen molar-refractivity contribution in [1.82, 2.24) is 9.29 Å². The summed E-state index contributed by atoms with van der Waals surface area (Å²) in [6.45, 7) is 8.45. The van der Waals surface area contributed by atoms with Gasteiger partial charge < -0.3 is 5.32 Å². The molecule has 1 rings (SSSR count). The molecule has 108 valence electrons. The number of hydrogen-bond acceptors (Lipinski definition) is 4. The van der Waals surface area contributed by atoms with Gasteiger partial charge in [-0.15, -0.1) is 0 Å². The highest BCUT2D eigenvalue weighted by atomic mass is 32.2. The van der Waals surface area contributed by atoms with Crippen molar-refractivity contribution in [2.45, 2.75) is 38.6 Å². The van der Waals surface area contributed by atoms with Gasteiger partial charge in [-0.25, -0.2) is 13.4 Å². The van der Waals surface area contributed by atoms with Crippen LogP contribution in [0.4, 0.5) is 5.82 Å². The average Bonchev–Trinajstić information content (AvgIpc) is 2.37. The zero-order valence-corrected chi connectivity index (χ0v) is 13.0. The summed E-state index contributed by atoms with van der Waals surface area (Å²) in [5, 5.41) is 2.99. The minimum absolute atomic E-state index is 0.0697. The van der Waals surface area contributed by atoms with E-state index >= 15 is 0 Å². The summed E-state index contributed by atoms with van der Waals surface area (Å²) in [5.41, 5.74) is 0. The minimum Gasteiger partial charge on any atom is -0.369 e. The number of hydrogen-bond donors (Lipinski definition) is 1. The van der Waals surface area contributed by atoms with Crippen molar-refractivity contribution in [3.63, 3.8) is 0 Å². The second kappa shape index (κ2) is 6.34. The van der Waals surface area contributed by atoms with Crippen molar-refractivity contribution in [2.24, 2.45) is 5.92 Å². The molecule has 0 amide bonds. The second-order valence-electron chi connectivity index (χ2n) is 4.89. The molecule has 0 aliphatic heterocycles. The molecule has 0 fully saturated rings. The molecular weight excluding hydrogens is 262 g/mol. The Morgan fingerprint density at radius 1 is 1.37 bits per heavy atom. The highest BCUT2D eigenvalue weighted by molar-refractivity contribution is 7.89. The van der Waals surface area contributed by atoms with Gasteiger partial charge in [0, 0.05) is 25.8 Å². The molecule has 1 atom stereocenters. The summed E-state index contributed by atoms with van der Waals surface area (Å²) in [6, 6.07) is 3.16. The summed E-state index contributed by atoms with van der Waals surface area (Å²) in [7, 11) is -1.91. The second-order valence-corrected chi connectivity index (χ2v) is 6.85. The summed E-state index contributed by atoms with van der Waals surface area (Å²) < 4.78 is 26.7. The van der Waals surface area contributed by atoms with Crippen molar-refractivity contribution in [3.05, 3.63) is 18.3 Å². The third-order valence-corrected chi connectivity index (χ3v) is 5.29. The first kappa shape index (κ1) is 15.9. The van der Waals surface area contributed by atoms with Crippen LogP contribution in [0.3, 0.4) is 0 Å². The lowest BCUT2D eigenvalue weighted by molar-refractivity contribution is 0.316. The van der Waals surface area contributed by atoms with Crippen molar-refractivity contribution < 1.29 is 8.42 Å². The van der Waals surface area contributed by atoms with E-state index in [2.05, 4.69) is 10.3 Å². The molecule has 1 aromatic rings. The number of sulfonamides is 1. The summed E-state index contributed by atoms with van der Waals surface area (Å²) in [4.78, 5) is 4.33. The lowest BCUT2D eigenvalue weighted by atomic mass is 10.1. The summed E-state index contributed by atoms with van der Waals surface area (Å²) in [5.74, 6) is 0.659. The molecular formula is C13H23N3O2S. The Morgan fingerprint density at radius 3 is 2.53 bits per heavy atom. The zero-order chi connectivity index (χ0) is 14.6. The molecule has 19 heavy (non-hydrogen) atoms. The van der Waals surface area contributed by atoms with Gasteiger partial charge in [0.1, 0.15) is 10.7 Å². The maximum Gasteiger partial charge on any atom is 0.246 e. The Labute approximate surface area is 116 Å². The molecule has 0 spiro atoms. The van der Waals surface area contributed by atoms with E-state index in [9.17, 15) is 8.42 Å². The average molecular weight is 285 g/mol. The Hall–Kier alpha value is -1.14. The van der Waals surface area contributed by atoms with E-state index in [-0.39, 0.29) is 16.9 Å². The molecule has 0 bridgehead atoms. The van der Waals surface area contributed by atoms with Crippen LogP contribution in [0.15, 0.2) is 23.2 Å². The molecule has 0 saturated heterocycles. The largest absolute Gasteiger partial charge is 0.369 e. The van der Waals surface area contributed by atoms with E-state index in [1.807, 2.05) is 27.7 Å². The van der Waals surface area contributed by atoms with E-state index < -0.39 is 10.0 Å². The normalized spacial score (nSPS) is 13.8. The van der Waals surface area contributed by atoms with Crippen LogP contribution in [0.1, 0.15) is 27.7 Å². The number of aromatic nitrogens is 1. The van der Waals surface area contributed by atoms with E-state index in [4.69, 9.17) is 0 Å². The molecule has 0 saturated carbocycles. The quantitative estimate of drug-likeness (QED) is 0.870. The van der Waals surface area contributed by atoms with Crippen LogP contribution in [0.2, 0.25) is 0 Å². The van der Waals surface area contributed by atoms with E-state index in [0.717, 1.165) is 0 Å². The molecule has 0 aliphatic rings. The fourth-order valence-corrected chi connectivity index (χ4v) is 3.30. The van der Waals surface area contributed by atoms with Gasteiger partial charge in [-0.3, -0.25) is 0 Å². The lowest BCUT2D eigenvalue weighted by Crippen LogP contribution is -2.38. The number of anilines is 1. The highest BCUT2D eigenvalue weighted by Gasteiger charge is 2.29. The van der Waals surface area contributed by atoms with Crippen molar-refractivity contribution in [3.8, 4) is 0 Å². The first-order valence-corrected chi connectivity index (χ1v) is 7.93. The molecule has 1 aromatic heterocycles. The van der Waals surface area contributed by atoms with E-state index in [1.165, 1.54) is 4.31 Å². The molecule has 5 nitrogen and oxygen atoms in total. The van der Waals surface area contributed by atoms with Gasteiger partial charge in [-0.2, -0.15) is 4.31 Å². The number of nitrogens with one attached hydrogen (secondary N) is 1. The highest BCUT2D eigenvalue weighted by Crippen LogP contribution is 2.24. The van der Waals surface area contributed by atoms with Crippen LogP contribution in [-0.4, -0.2) is 37.3 Å². The first-order chi connectivity index (χ1) is 8.82. The Bertz CT molecular complexity index is 514. The van der Waals surface area contributed by atoms with Gasteiger partial charge in [0.05, 0.1) is 0 Å². The predicted octanol–water partition coefficient (Wildman–Crippen LogP) is 2.18. The maximum atomic E-state index is 12.6. The van der Waals surface area contributed by atoms with Gasteiger partial charge in [-0.1, -0.05) is 13.8 Å². The number of pyridine rings is 1. The maximum absolute atomic E-state index is 12.6. The first-order valence-electron chi connectivity index (χ1n) is 6.49. The minimum atomic E-state index is -3.53. The zero-order valence-electron chi connectivity index (χ0n) is 12.2. The lowest BCUT2D eigenvalue weighted by Gasteiger charge is -2.27. The van der Waals surface area contributed by atoms with Crippen LogP contribution >= 0.6 is 0 Å². The smallest absolute Gasteiger partial charge is 0.246 e. The van der Waals surface area contributed by atoms with Crippen molar-refractivity contribution >= 4 is 15.8 Å². The van der Waals surface area contributed by atoms with E-state index in [1.54, 1.807) is 25.4 Å². The van der Waals surface area contributed by atoms with Crippen molar-refractivity contribution in [2.75, 3.05) is 18.9 Å². The Kier molecular flexibility index (Phi) is 5.31. The monoisotopic (exact) mass is 285 g/mol. The summed E-state index contributed by atoms with van der Waals surface area (Å²) >= 11 is 0.